The van der Waals surface area contributed by atoms with Crippen LogP contribution in [0.3, 0.4) is 0 Å². The highest BCUT2D eigenvalue weighted by molar-refractivity contribution is 5.66. The lowest BCUT2D eigenvalue weighted by Gasteiger charge is -2.24. The third-order valence-electron chi connectivity index (χ3n) is 3.45. The van der Waals surface area contributed by atoms with E-state index in [1.54, 1.807) is 0 Å². The third kappa shape index (κ3) is 4.65. The molecule has 0 amide bonds. The Bertz CT molecular complexity index is 200. The quantitative estimate of drug-likeness (QED) is 0.712. The van der Waals surface area contributed by atoms with Crippen LogP contribution < -0.4 is 5.32 Å². The van der Waals surface area contributed by atoms with Crippen molar-refractivity contribution in [2.45, 2.75) is 64.5 Å². The topological polar surface area (TPSA) is 49.3 Å². The molecule has 2 atom stereocenters. The molecule has 0 aromatic carbocycles. The number of carboxylic acid groups (broad SMARTS) is 1. The second-order valence-corrected chi connectivity index (χ2v) is 4.83. The number of nitrogens with one attached hydrogen (secondary N) is 1. The van der Waals surface area contributed by atoms with Gasteiger partial charge in [0.15, 0.2) is 0 Å². The Hall–Kier alpha value is -0.570. The first kappa shape index (κ1) is 12.5. The fraction of sp³-hybridized carbons (Fsp3) is 0.917. The van der Waals surface area contributed by atoms with Crippen LogP contribution in [-0.2, 0) is 4.79 Å². The second-order valence-electron chi connectivity index (χ2n) is 4.83. The maximum Gasteiger partial charge on any atom is 0.303 e. The summed E-state index contributed by atoms with van der Waals surface area (Å²) in [5.41, 5.74) is 0. The molecular formula is C12H23NO2. The molecule has 0 saturated heterocycles. The molecule has 0 radical (unpaired) electrons. The number of hydrogen-bond donors (Lipinski definition) is 2. The van der Waals surface area contributed by atoms with Crippen molar-refractivity contribution in [2.24, 2.45) is 5.92 Å². The van der Waals surface area contributed by atoms with Gasteiger partial charge in [-0.2, -0.15) is 0 Å². The van der Waals surface area contributed by atoms with Crippen molar-refractivity contribution in [2.75, 3.05) is 0 Å². The fourth-order valence-electron chi connectivity index (χ4n) is 2.47. The average molecular weight is 213 g/mol. The van der Waals surface area contributed by atoms with Crippen LogP contribution in [0.15, 0.2) is 0 Å². The summed E-state index contributed by atoms with van der Waals surface area (Å²) in [6, 6.07) is 0.855. The molecule has 3 nitrogen and oxygen atoms in total. The molecule has 1 aliphatic carbocycles. The maximum absolute atomic E-state index is 10.4. The van der Waals surface area contributed by atoms with Gasteiger partial charge in [-0.05, 0) is 39.0 Å². The Kier molecular flexibility index (Phi) is 5.09. The van der Waals surface area contributed by atoms with Gasteiger partial charge < -0.3 is 10.4 Å². The lowest BCUT2D eigenvalue weighted by atomic mass is 9.98. The number of aliphatic carboxylic acids is 1. The van der Waals surface area contributed by atoms with Crippen molar-refractivity contribution < 1.29 is 9.90 Å². The Balaban J connectivity index is 2.18. The Morgan fingerprint density at radius 3 is 2.53 bits per heavy atom. The van der Waals surface area contributed by atoms with Gasteiger partial charge in [-0.1, -0.05) is 12.8 Å². The summed E-state index contributed by atoms with van der Waals surface area (Å²) >= 11 is 0. The predicted molar refractivity (Wildman–Crippen MR) is 60.9 cm³/mol. The van der Waals surface area contributed by atoms with E-state index in [-0.39, 0.29) is 6.42 Å². The van der Waals surface area contributed by atoms with E-state index in [4.69, 9.17) is 5.11 Å². The molecular weight excluding hydrogens is 190 g/mol. The molecule has 15 heavy (non-hydrogen) atoms. The van der Waals surface area contributed by atoms with E-state index >= 15 is 0 Å². The van der Waals surface area contributed by atoms with Crippen molar-refractivity contribution in [1.82, 2.24) is 5.32 Å². The van der Waals surface area contributed by atoms with E-state index in [0.717, 1.165) is 12.3 Å². The molecule has 1 unspecified atom stereocenters. The monoisotopic (exact) mass is 213 g/mol. The van der Waals surface area contributed by atoms with Gasteiger partial charge in [0, 0.05) is 18.5 Å². The highest BCUT2D eigenvalue weighted by atomic mass is 16.4. The minimum absolute atomic E-state index is 0.269. The van der Waals surface area contributed by atoms with E-state index < -0.39 is 5.97 Å². The summed E-state index contributed by atoms with van der Waals surface area (Å²) in [4.78, 5) is 10.4. The van der Waals surface area contributed by atoms with Gasteiger partial charge in [-0.25, -0.2) is 0 Å². The molecule has 3 heteroatoms. The average Bonchev–Trinajstić information content (AvgIpc) is 2.67. The van der Waals surface area contributed by atoms with Crippen molar-refractivity contribution in [3.05, 3.63) is 0 Å². The minimum atomic E-state index is -0.697. The van der Waals surface area contributed by atoms with Gasteiger partial charge in [0.25, 0.3) is 0 Å². The standard InChI is InChI=1S/C12H23NO2/c1-9(7-8-12(14)15)13-10(2)11-5-3-4-6-11/h9-11,13H,3-8H2,1-2H3,(H,14,15)/t9?,10-/m1/s1. The smallest absolute Gasteiger partial charge is 0.303 e. The van der Waals surface area contributed by atoms with Crippen molar-refractivity contribution >= 4 is 5.97 Å². The molecule has 2 N–H and O–H groups in total. The Labute approximate surface area is 92.3 Å². The molecule has 1 aliphatic rings. The van der Waals surface area contributed by atoms with E-state index in [2.05, 4.69) is 19.2 Å². The van der Waals surface area contributed by atoms with E-state index in [1.807, 2.05) is 0 Å². The number of carboxylic acids is 1. The molecule has 0 aliphatic heterocycles. The first-order valence-electron chi connectivity index (χ1n) is 6.07. The second kappa shape index (κ2) is 6.11. The number of rotatable bonds is 6. The Morgan fingerprint density at radius 2 is 2.00 bits per heavy atom. The van der Waals surface area contributed by atoms with Crippen molar-refractivity contribution in [3.8, 4) is 0 Å². The van der Waals surface area contributed by atoms with Crippen LogP contribution in [0.2, 0.25) is 0 Å². The summed E-state index contributed by atoms with van der Waals surface area (Å²) < 4.78 is 0. The first-order chi connectivity index (χ1) is 7.09. The number of hydrogen-bond acceptors (Lipinski definition) is 2. The third-order valence-corrected chi connectivity index (χ3v) is 3.45. The van der Waals surface area contributed by atoms with Gasteiger partial charge in [-0.15, -0.1) is 0 Å². The van der Waals surface area contributed by atoms with Gasteiger partial charge in [0.05, 0.1) is 0 Å². The molecule has 0 bridgehead atoms. The molecule has 0 spiro atoms. The van der Waals surface area contributed by atoms with Crippen LogP contribution in [0.1, 0.15) is 52.4 Å². The molecule has 1 rings (SSSR count). The lowest BCUT2D eigenvalue weighted by Crippen LogP contribution is -2.38. The fourth-order valence-corrected chi connectivity index (χ4v) is 2.47. The SMILES string of the molecule is CC(CCC(=O)O)N[C@H](C)C1CCCC1. The normalized spacial score (nSPS) is 21.5. The minimum Gasteiger partial charge on any atom is -0.481 e. The molecule has 0 aromatic rings. The van der Waals surface area contributed by atoms with Gasteiger partial charge in [0.2, 0.25) is 0 Å². The van der Waals surface area contributed by atoms with Crippen LogP contribution in [0, 0.1) is 5.92 Å². The predicted octanol–water partition coefficient (Wildman–Crippen LogP) is 2.41. The zero-order valence-corrected chi connectivity index (χ0v) is 9.83. The van der Waals surface area contributed by atoms with Crippen LogP contribution in [0.4, 0.5) is 0 Å². The van der Waals surface area contributed by atoms with E-state index in [9.17, 15) is 4.79 Å². The van der Waals surface area contributed by atoms with Crippen LogP contribution in [0.5, 0.6) is 0 Å². The highest BCUT2D eigenvalue weighted by Gasteiger charge is 2.22. The maximum atomic E-state index is 10.4. The van der Waals surface area contributed by atoms with E-state index in [0.29, 0.717) is 12.1 Å². The first-order valence-corrected chi connectivity index (χ1v) is 6.07. The Morgan fingerprint density at radius 1 is 1.40 bits per heavy atom. The van der Waals surface area contributed by atoms with E-state index in [1.165, 1.54) is 25.7 Å². The summed E-state index contributed by atoms with van der Waals surface area (Å²) in [7, 11) is 0. The summed E-state index contributed by atoms with van der Waals surface area (Å²) in [6.45, 7) is 4.31. The van der Waals surface area contributed by atoms with Crippen LogP contribution in [-0.4, -0.2) is 23.2 Å². The van der Waals surface area contributed by atoms with Crippen molar-refractivity contribution in [1.29, 1.82) is 0 Å². The van der Waals surface area contributed by atoms with Crippen LogP contribution in [0.25, 0.3) is 0 Å². The zero-order valence-electron chi connectivity index (χ0n) is 9.83. The number of carbonyl (C=O) groups is 1. The molecule has 1 saturated carbocycles. The molecule has 88 valence electrons. The lowest BCUT2D eigenvalue weighted by molar-refractivity contribution is -0.137. The summed E-state index contributed by atoms with van der Waals surface area (Å²) in [5, 5.41) is 12.1. The zero-order chi connectivity index (χ0) is 11.3. The van der Waals surface area contributed by atoms with Gasteiger partial charge in [0.1, 0.15) is 0 Å². The van der Waals surface area contributed by atoms with Gasteiger partial charge in [-0.3, -0.25) is 4.79 Å². The summed E-state index contributed by atoms with van der Waals surface area (Å²) in [6.07, 6.45) is 6.39. The van der Waals surface area contributed by atoms with Gasteiger partial charge >= 0.3 is 5.97 Å². The van der Waals surface area contributed by atoms with Crippen molar-refractivity contribution in [3.63, 3.8) is 0 Å². The molecule has 0 heterocycles. The molecule has 0 aromatic heterocycles. The highest BCUT2D eigenvalue weighted by Crippen LogP contribution is 2.27. The summed E-state index contributed by atoms with van der Waals surface area (Å²) in [5.74, 6) is 0.106. The molecule has 1 fully saturated rings. The largest absolute Gasteiger partial charge is 0.481 e. The van der Waals surface area contributed by atoms with Crippen LogP contribution >= 0.6 is 0 Å².